The van der Waals surface area contributed by atoms with Gasteiger partial charge in [0.25, 0.3) is 11.6 Å². The first-order valence-corrected chi connectivity index (χ1v) is 11.5. The van der Waals surface area contributed by atoms with Gasteiger partial charge in [-0.05, 0) is 37.6 Å². The van der Waals surface area contributed by atoms with Gasteiger partial charge in [0.05, 0.1) is 4.92 Å². The lowest BCUT2D eigenvalue weighted by Gasteiger charge is -2.36. The molecule has 0 radical (unpaired) electrons. The maximum absolute atomic E-state index is 12.9. The Labute approximate surface area is 200 Å². The van der Waals surface area contributed by atoms with Gasteiger partial charge in [0.15, 0.2) is 0 Å². The number of rotatable bonds is 5. The van der Waals surface area contributed by atoms with E-state index < -0.39 is 4.92 Å². The molecule has 2 heterocycles. The van der Waals surface area contributed by atoms with E-state index in [4.69, 9.17) is 4.98 Å². The van der Waals surface area contributed by atoms with Crippen LogP contribution in [0.15, 0.2) is 53.0 Å². The molecular weight excluding hydrogens is 486 g/mol. The number of carbonyl (C=O) groups is 1. The highest BCUT2D eigenvalue weighted by atomic mass is 79.9. The highest BCUT2D eigenvalue weighted by Crippen LogP contribution is 2.26. The molecular formula is C24H24BrN5O3. The van der Waals surface area contributed by atoms with Crippen LogP contribution in [0, 0.1) is 24.0 Å². The Morgan fingerprint density at radius 1 is 1.06 bits per heavy atom. The molecule has 33 heavy (non-hydrogen) atoms. The zero-order valence-electron chi connectivity index (χ0n) is 18.5. The fourth-order valence-electron chi connectivity index (χ4n) is 4.05. The van der Waals surface area contributed by atoms with Crippen LogP contribution in [0.2, 0.25) is 0 Å². The molecule has 1 aliphatic heterocycles. The molecule has 1 fully saturated rings. The van der Waals surface area contributed by atoms with Gasteiger partial charge in [-0.15, -0.1) is 0 Å². The van der Waals surface area contributed by atoms with Crippen molar-refractivity contribution in [2.24, 2.45) is 0 Å². The van der Waals surface area contributed by atoms with Gasteiger partial charge in [0.1, 0.15) is 11.6 Å². The Kier molecular flexibility index (Phi) is 6.69. The van der Waals surface area contributed by atoms with Crippen LogP contribution in [0.25, 0.3) is 0 Å². The summed E-state index contributed by atoms with van der Waals surface area (Å²) in [6, 6.07) is 14.0. The standard InChI is InChI=1S/C24H24BrN5O3/c1-16-22(14-18-6-8-21(9-7-18)30(32)33)23(27-17(2)26-16)28-10-12-29(13-11-28)24(31)19-4-3-5-20(25)15-19/h3-9,15H,10-14H2,1-2H3. The van der Waals surface area contributed by atoms with Crippen LogP contribution in [0.1, 0.15) is 33.0 Å². The van der Waals surface area contributed by atoms with Crippen LogP contribution in [0.5, 0.6) is 0 Å². The van der Waals surface area contributed by atoms with E-state index in [9.17, 15) is 14.9 Å². The minimum Gasteiger partial charge on any atom is -0.353 e. The summed E-state index contributed by atoms with van der Waals surface area (Å²) in [6.45, 7) is 6.38. The van der Waals surface area contributed by atoms with Crippen LogP contribution >= 0.6 is 15.9 Å². The van der Waals surface area contributed by atoms with Crippen LogP contribution in [-0.4, -0.2) is 51.9 Å². The molecule has 0 bridgehead atoms. The monoisotopic (exact) mass is 509 g/mol. The number of aromatic nitrogens is 2. The number of piperazine rings is 1. The van der Waals surface area contributed by atoms with Crippen molar-refractivity contribution >= 4 is 33.3 Å². The number of nitrogens with zero attached hydrogens (tertiary/aromatic N) is 5. The maximum Gasteiger partial charge on any atom is 0.269 e. The molecule has 0 spiro atoms. The lowest BCUT2D eigenvalue weighted by Crippen LogP contribution is -2.49. The molecule has 0 atom stereocenters. The summed E-state index contributed by atoms with van der Waals surface area (Å²) in [6.07, 6.45) is 0.580. The molecule has 170 valence electrons. The zero-order valence-corrected chi connectivity index (χ0v) is 20.1. The second kappa shape index (κ2) is 9.66. The highest BCUT2D eigenvalue weighted by molar-refractivity contribution is 9.10. The first-order chi connectivity index (χ1) is 15.8. The van der Waals surface area contributed by atoms with Crippen LogP contribution in [0.4, 0.5) is 11.5 Å². The number of hydrogen-bond donors (Lipinski definition) is 0. The van der Waals surface area contributed by atoms with E-state index in [-0.39, 0.29) is 11.6 Å². The normalized spacial score (nSPS) is 13.8. The number of carbonyl (C=O) groups excluding carboxylic acids is 1. The Balaban J connectivity index is 1.52. The van der Waals surface area contributed by atoms with Gasteiger partial charge in [-0.2, -0.15) is 0 Å². The summed E-state index contributed by atoms with van der Waals surface area (Å²) in [5, 5.41) is 11.0. The Morgan fingerprint density at radius 2 is 1.76 bits per heavy atom. The van der Waals surface area contributed by atoms with Gasteiger partial charge in [-0.3, -0.25) is 14.9 Å². The number of amides is 1. The number of hydrogen-bond acceptors (Lipinski definition) is 6. The minimum atomic E-state index is -0.398. The molecule has 4 rings (SSSR count). The third-order valence-electron chi connectivity index (χ3n) is 5.77. The molecule has 0 saturated carbocycles. The molecule has 8 nitrogen and oxygen atoms in total. The summed E-state index contributed by atoms with van der Waals surface area (Å²) in [4.78, 5) is 36.8. The molecule has 1 saturated heterocycles. The van der Waals surface area contributed by atoms with E-state index in [1.807, 2.05) is 43.0 Å². The molecule has 2 aromatic carbocycles. The highest BCUT2D eigenvalue weighted by Gasteiger charge is 2.25. The first-order valence-electron chi connectivity index (χ1n) is 10.7. The van der Waals surface area contributed by atoms with Crippen molar-refractivity contribution in [2.45, 2.75) is 20.3 Å². The molecule has 1 aliphatic rings. The second-order valence-electron chi connectivity index (χ2n) is 8.05. The quantitative estimate of drug-likeness (QED) is 0.375. The van der Waals surface area contributed by atoms with E-state index >= 15 is 0 Å². The molecule has 0 unspecified atom stereocenters. The van der Waals surface area contributed by atoms with Crippen molar-refractivity contribution in [1.29, 1.82) is 0 Å². The Morgan fingerprint density at radius 3 is 2.39 bits per heavy atom. The molecule has 1 aromatic heterocycles. The molecule has 0 aliphatic carbocycles. The number of anilines is 1. The van der Waals surface area contributed by atoms with Crippen molar-refractivity contribution < 1.29 is 9.72 Å². The van der Waals surface area contributed by atoms with Gasteiger partial charge in [-0.25, -0.2) is 9.97 Å². The summed E-state index contributed by atoms with van der Waals surface area (Å²) >= 11 is 3.43. The number of halogens is 1. The van der Waals surface area contributed by atoms with Crippen molar-refractivity contribution in [3.05, 3.63) is 91.3 Å². The van der Waals surface area contributed by atoms with Crippen molar-refractivity contribution in [3.8, 4) is 0 Å². The Hall–Kier alpha value is -3.33. The summed E-state index contributed by atoms with van der Waals surface area (Å²) in [7, 11) is 0. The van der Waals surface area contributed by atoms with E-state index in [0.29, 0.717) is 44.0 Å². The molecule has 9 heteroatoms. The van der Waals surface area contributed by atoms with Crippen molar-refractivity contribution in [2.75, 3.05) is 31.1 Å². The number of benzene rings is 2. The predicted molar refractivity (Wildman–Crippen MR) is 130 cm³/mol. The number of nitro groups is 1. The van der Waals surface area contributed by atoms with Gasteiger partial charge < -0.3 is 9.80 Å². The van der Waals surface area contributed by atoms with E-state index in [1.54, 1.807) is 12.1 Å². The van der Waals surface area contributed by atoms with Gasteiger partial charge >= 0.3 is 0 Å². The smallest absolute Gasteiger partial charge is 0.269 e. The first kappa shape index (κ1) is 22.8. The molecule has 3 aromatic rings. The third-order valence-corrected chi connectivity index (χ3v) is 6.26. The predicted octanol–water partition coefficient (Wildman–Crippen LogP) is 4.32. The average Bonchev–Trinajstić information content (AvgIpc) is 2.80. The SMILES string of the molecule is Cc1nc(C)c(Cc2ccc([N+](=O)[O-])cc2)c(N2CCN(C(=O)c3cccc(Br)c3)CC2)n1. The third kappa shape index (κ3) is 5.19. The van der Waals surface area contributed by atoms with E-state index in [2.05, 4.69) is 25.8 Å². The second-order valence-corrected chi connectivity index (χ2v) is 8.96. The van der Waals surface area contributed by atoms with Gasteiger partial charge in [0.2, 0.25) is 0 Å². The van der Waals surface area contributed by atoms with Crippen LogP contribution < -0.4 is 4.90 Å². The molecule has 1 amide bonds. The largest absolute Gasteiger partial charge is 0.353 e. The molecule has 0 N–H and O–H groups in total. The maximum atomic E-state index is 12.9. The summed E-state index contributed by atoms with van der Waals surface area (Å²) in [5.41, 5.74) is 3.60. The minimum absolute atomic E-state index is 0.0251. The van der Waals surface area contributed by atoms with Crippen LogP contribution in [0.3, 0.4) is 0 Å². The fraction of sp³-hybridized carbons (Fsp3) is 0.292. The summed E-state index contributed by atoms with van der Waals surface area (Å²) < 4.78 is 0.884. The van der Waals surface area contributed by atoms with Gasteiger partial charge in [-0.1, -0.05) is 34.1 Å². The van der Waals surface area contributed by atoms with Gasteiger partial charge in [0, 0.05) is 66.0 Å². The van der Waals surface area contributed by atoms with Crippen LogP contribution in [-0.2, 0) is 6.42 Å². The zero-order chi connectivity index (χ0) is 23.5. The Bertz CT molecular complexity index is 1190. The lowest BCUT2D eigenvalue weighted by atomic mass is 10.0. The average molecular weight is 510 g/mol. The number of nitro benzene ring substituents is 1. The van der Waals surface area contributed by atoms with E-state index in [0.717, 1.165) is 27.1 Å². The lowest BCUT2D eigenvalue weighted by molar-refractivity contribution is -0.384. The number of non-ortho nitro benzene ring substituents is 1. The van der Waals surface area contributed by atoms with Crippen molar-refractivity contribution in [3.63, 3.8) is 0 Å². The fourth-order valence-corrected chi connectivity index (χ4v) is 4.45. The van der Waals surface area contributed by atoms with Crippen molar-refractivity contribution in [1.82, 2.24) is 14.9 Å². The number of aryl methyl sites for hydroxylation is 2. The summed E-state index contributed by atoms with van der Waals surface area (Å²) in [5.74, 6) is 1.59. The van der Waals surface area contributed by atoms with E-state index in [1.165, 1.54) is 12.1 Å². The topological polar surface area (TPSA) is 92.5 Å².